The molecule has 1 heterocycles. The van der Waals surface area contributed by atoms with Crippen molar-refractivity contribution in [1.82, 2.24) is 8.12 Å². The number of hydrazone groups is 1. The van der Waals surface area contributed by atoms with Gasteiger partial charge in [0, 0.05) is 6.54 Å². The van der Waals surface area contributed by atoms with Crippen LogP contribution in [-0.4, -0.2) is 27.2 Å². The maximum atomic E-state index is 4.45. The zero-order chi connectivity index (χ0) is 11.5. The molecule has 0 spiro atoms. The Morgan fingerprint density at radius 3 is 2.60 bits per heavy atom. The highest BCUT2D eigenvalue weighted by Crippen LogP contribution is 2.29. The maximum Gasteiger partial charge on any atom is 0.128 e. The Morgan fingerprint density at radius 1 is 1.40 bits per heavy atom. The number of halogens is 1. The van der Waals surface area contributed by atoms with Crippen molar-refractivity contribution >= 4 is 29.2 Å². The van der Waals surface area contributed by atoms with Crippen molar-refractivity contribution in [3.8, 4) is 0 Å². The van der Waals surface area contributed by atoms with Gasteiger partial charge in [-0.05, 0) is 18.3 Å². The zero-order valence-electron chi connectivity index (χ0n) is 10.2. The van der Waals surface area contributed by atoms with E-state index in [1.165, 1.54) is 12.8 Å². The van der Waals surface area contributed by atoms with E-state index in [1.54, 1.807) is 0 Å². The third kappa shape index (κ3) is 4.17. The second-order valence-electron chi connectivity index (χ2n) is 5.34. The van der Waals surface area contributed by atoms with Gasteiger partial charge in [0.25, 0.3) is 0 Å². The molecule has 0 saturated carbocycles. The van der Waals surface area contributed by atoms with Crippen molar-refractivity contribution in [3.63, 3.8) is 0 Å². The fourth-order valence-electron chi connectivity index (χ4n) is 1.66. The molecule has 0 bridgehead atoms. The van der Waals surface area contributed by atoms with Crippen LogP contribution in [0.5, 0.6) is 0 Å². The van der Waals surface area contributed by atoms with E-state index in [2.05, 4.69) is 63.8 Å². The number of hydrogen-bond donors (Lipinski definition) is 0. The number of hydrogen-bond acceptors (Lipinski definition) is 3. The minimum atomic E-state index is 0.353. The van der Waals surface area contributed by atoms with E-state index in [0.717, 1.165) is 13.0 Å². The molecule has 0 aromatic heterocycles. The topological polar surface area (TPSA) is 18.8 Å². The number of rotatable bonds is 4. The van der Waals surface area contributed by atoms with Crippen LogP contribution in [0.15, 0.2) is 5.10 Å². The monoisotopic (exact) mass is 323 g/mol. The largest absolute Gasteiger partial charge is 0.280 e. The van der Waals surface area contributed by atoms with E-state index < -0.39 is 0 Å². The summed E-state index contributed by atoms with van der Waals surface area (Å²) < 4.78 is 2.19. The highest BCUT2D eigenvalue weighted by atomic mass is 127. The first-order valence-electron chi connectivity index (χ1n) is 5.69. The molecule has 1 atom stereocenters. The van der Waals surface area contributed by atoms with E-state index in [-0.39, 0.29) is 0 Å². The van der Waals surface area contributed by atoms with Gasteiger partial charge < -0.3 is 0 Å². The summed E-state index contributed by atoms with van der Waals surface area (Å²) in [5.41, 5.74) is 0.353. The maximum absolute atomic E-state index is 4.45. The molecule has 0 radical (unpaired) electrons. The smallest absolute Gasteiger partial charge is 0.128 e. The van der Waals surface area contributed by atoms with Gasteiger partial charge in [0.05, 0.1) is 22.9 Å². The van der Waals surface area contributed by atoms with Gasteiger partial charge in [-0.2, -0.15) is 5.10 Å². The molecule has 3 nitrogen and oxygen atoms in total. The van der Waals surface area contributed by atoms with Crippen molar-refractivity contribution in [2.75, 3.05) is 6.54 Å². The molecule has 1 aliphatic rings. The number of nitrogens with zero attached hydrogens (tertiary/aromatic N) is 3. The van der Waals surface area contributed by atoms with Crippen molar-refractivity contribution in [3.05, 3.63) is 0 Å². The lowest BCUT2D eigenvalue weighted by molar-refractivity contribution is 0.133. The van der Waals surface area contributed by atoms with Crippen molar-refractivity contribution in [2.45, 2.75) is 53.1 Å². The van der Waals surface area contributed by atoms with Gasteiger partial charge in [0.2, 0.25) is 0 Å². The molecular formula is C11H22IN3. The summed E-state index contributed by atoms with van der Waals surface area (Å²) in [4.78, 5) is 0. The van der Waals surface area contributed by atoms with Gasteiger partial charge in [-0.3, -0.25) is 8.12 Å². The molecule has 15 heavy (non-hydrogen) atoms. The van der Waals surface area contributed by atoms with E-state index in [1.807, 2.05) is 6.34 Å². The predicted molar refractivity (Wildman–Crippen MR) is 73.8 cm³/mol. The Morgan fingerprint density at radius 2 is 2.07 bits per heavy atom. The highest BCUT2D eigenvalue weighted by Gasteiger charge is 2.30. The van der Waals surface area contributed by atoms with Crippen LogP contribution in [0.25, 0.3) is 0 Å². The molecule has 1 unspecified atom stereocenters. The summed E-state index contributed by atoms with van der Waals surface area (Å²) in [7, 11) is 0. The Hall–Kier alpha value is 0. The Bertz CT molecular complexity index is 222. The average molecular weight is 323 g/mol. The first-order valence-corrected chi connectivity index (χ1v) is 6.65. The standard InChI is InChI=1S/C11H22IN3/c1-5-6-7-15-10(8-11(2,3)4)14(12)9-13-15/h9-10H,5-8H2,1-4H3. The van der Waals surface area contributed by atoms with E-state index >= 15 is 0 Å². The number of unbranched alkanes of at least 4 members (excludes halogenated alkanes) is 1. The second-order valence-corrected chi connectivity index (χ2v) is 6.45. The normalized spacial score (nSPS) is 21.5. The van der Waals surface area contributed by atoms with Gasteiger partial charge in [-0.25, -0.2) is 0 Å². The molecule has 0 amide bonds. The van der Waals surface area contributed by atoms with Crippen molar-refractivity contribution in [2.24, 2.45) is 10.5 Å². The Labute approximate surface area is 107 Å². The predicted octanol–water partition coefficient (Wildman–Crippen LogP) is 3.46. The van der Waals surface area contributed by atoms with Crippen LogP contribution in [0.2, 0.25) is 0 Å². The lowest BCUT2D eigenvalue weighted by atomic mass is 9.90. The molecule has 88 valence electrons. The van der Waals surface area contributed by atoms with E-state index in [4.69, 9.17) is 0 Å². The summed E-state index contributed by atoms with van der Waals surface area (Å²) in [6, 6.07) is 0. The van der Waals surface area contributed by atoms with E-state index in [0.29, 0.717) is 11.6 Å². The fraction of sp³-hybridized carbons (Fsp3) is 0.909. The molecule has 1 rings (SSSR count). The SMILES string of the molecule is CCCCN1N=CN(I)C1CC(C)(C)C. The van der Waals surface area contributed by atoms with Crippen LogP contribution in [0.1, 0.15) is 47.0 Å². The molecule has 0 aromatic carbocycles. The lowest BCUT2D eigenvalue weighted by Crippen LogP contribution is -2.38. The van der Waals surface area contributed by atoms with Gasteiger partial charge in [-0.1, -0.05) is 34.1 Å². The lowest BCUT2D eigenvalue weighted by Gasteiger charge is -2.32. The first-order chi connectivity index (χ1) is 6.94. The third-order valence-corrected chi connectivity index (χ3v) is 3.37. The van der Waals surface area contributed by atoms with Crippen LogP contribution in [-0.2, 0) is 0 Å². The fourth-order valence-corrected chi connectivity index (χ4v) is 2.26. The van der Waals surface area contributed by atoms with Crippen LogP contribution in [0.4, 0.5) is 0 Å². The molecule has 4 heteroatoms. The van der Waals surface area contributed by atoms with Gasteiger partial charge >= 0.3 is 0 Å². The highest BCUT2D eigenvalue weighted by molar-refractivity contribution is 14.1. The summed E-state index contributed by atoms with van der Waals surface area (Å²) >= 11 is 2.34. The van der Waals surface area contributed by atoms with Crippen LogP contribution < -0.4 is 0 Å². The minimum absolute atomic E-state index is 0.353. The molecule has 0 fully saturated rings. The van der Waals surface area contributed by atoms with Gasteiger partial charge in [0.1, 0.15) is 12.5 Å². The van der Waals surface area contributed by atoms with Crippen LogP contribution >= 0.6 is 22.9 Å². The Balaban J connectivity index is 2.52. The molecule has 0 saturated heterocycles. The Kier molecular flexibility index (Phi) is 4.67. The summed E-state index contributed by atoms with van der Waals surface area (Å²) in [5.74, 6) is 0. The molecule has 1 aliphatic heterocycles. The first kappa shape index (κ1) is 13.1. The van der Waals surface area contributed by atoms with Gasteiger partial charge in [0.15, 0.2) is 0 Å². The second kappa shape index (κ2) is 5.37. The average Bonchev–Trinajstić information content (AvgIpc) is 2.43. The summed E-state index contributed by atoms with van der Waals surface area (Å²) in [5, 5.41) is 6.67. The van der Waals surface area contributed by atoms with Crippen LogP contribution in [0.3, 0.4) is 0 Å². The van der Waals surface area contributed by atoms with Gasteiger partial charge in [-0.15, -0.1) is 0 Å². The minimum Gasteiger partial charge on any atom is -0.280 e. The quantitative estimate of drug-likeness (QED) is 0.583. The van der Waals surface area contributed by atoms with Crippen LogP contribution in [0, 0.1) is 5.41 Å². The molecule has 0 aromatic rings. The molecule has 0 aliphatic carbocycles. The molecule has 0 N–H and O–H groups in total. The van der Waals surface area contributed by atoms with Crippen molar-refractivity contribution < 1.29 is 0 Å². The zero-order valence-corrected chi connectivity index (χ0v) is 12.4. The van der Waals surface area contributed by atoms with Crippen molar-refractivity contribution in [1.29, 1.82) is 0 Å². The van der Waals surface area contributed by atoms with E-state index in [9.17, 15) is 0 Å². The molecular weight excluding hydrogens is 301 g/mol. The third-order valence-electron chi connectivity index (χ3n) is 2.47. The summed E-state index contributed by atoms with van der Waals surface area (Å²) in [6.07, 6.45) is 5.99. The summed E-state index contributed by atoms with van der Waals surface area (Å²) in [6.45, 7) is 10.2.